The molecule has 0 N–H and O–H groups in total. The van der Waals surface area contributed by atoms with Crippen LogP contribution in [0.25, 0.3) is 33.1 Å². The first-order valence-electron chi connectivity index (χ1n) is 10.2. The van der Waals surface area contributed by atoms with Crippen LogP contribution >= 0.6 is 0 Å². The fraction of sp³-hybridized carbons (Fsp3) is 0.320. The third kappa shape index (κ3) is 3.33. The minimum Gasteiger partial charge on any atom is -0.497 e. The highest BCUT2D eigenvalue weighted by molar-refractivity contribution is 6.05. The van der Waals surface area contributed by atoms with E-state index in [1.807, 2.05) is 38.1 Å². The van der Waals surface area contributed by atoms with Crippen molar-refractivity contribution in [2.24, 2.45) is 0 Å². The van der Waals surface area contributed by atoms with Crippen LogP contribution in [0.3, 0.4) is 0 Å². The molecule has 2 aromatic heterocycles. The van der Waals surface area contributed by atoms with Gasteiger partial charge in [-0.15, -0.1) is 0 Å². The van der Waals surface area contributed by atoms with Crippen LogP contribution in [-0.2, 0) is 6.42 Å². The van der Waals surface area contributed by atoms with E-state index in [2.05, 4.69) is 13.0 Å². The lowest BCUT2D eigenvalue weighted by molar-refractivity contribution is 0.415. The van der Waals surface area contributed by atoms with E-state index in [1.54, 1.807) is 13.4 Å². The summed E-state index contributed by atoms with van der Waals surface area (Å²) < 4.78 is 17.0. The quantitative estimate of drug-likeness (QED) is 0.276. The van der Waals surface area contributed by atoms with Gasteiger partial charge < -0.3 is 13.6 Å². The summed E-state index contributed by atoms with van der Waals surface area (Å²) in [4.78, 5) is 12.6. The van der Waals surface area contributed by atoms with Crippen LogP contribution in [0.2, 0.25) is 0 Å². The molecule has 0 amide bonds. The molecule has 0 atom stereocenters. The SMILES string of the molecule is CCCCCc1c(C)c2cc3c(-c4cccc(OC)c4)coc3c(C)c2oc1=O. The molecule has 0 unspecified atom stereocenters. The van der Waals surface area contributed by atoms with Crippen LogP contribution in [0.1, 0.15) is 42.9 Å². The summed E-state index contributed by atoms with van der Waals surface area (Å²) >= 11 is 0. The van der Waals surface area contributed by atoms with Crippen LogP contribution in [0, 0.1) is 13.8 Å². The van der Waals surface area contributed by atoms with Crippen LogP contribution in [0.4, 0.5) is 0 Å². The van der Waals surface area contributed by atoms with Crippen molar-refractivity contribution in [3.05, 3.63) is 63.7 Å². The first-order chi connectivity index (χ1) is 14.0. The molecule has 4 aromatic rings. The number of hydrogen-bond acceptors (Lipinski definition) is 4. The second-order valence-electron chi connectivity index (χ2n) is 7.59. The molecule has 2 heterocycles. The zero-order chi connectivity index (χ0) is 20.5. The van der Waals surface area contributed by atoms with E-state index in [0.29, 0.717) is 5.58 Å². The van der Waals surface area contributed by atoms with Crippen molar-refractivity contribution in [3.8, 4) is 16.9 Å². The Balaban J connectivity index is 1.94. The van der Waals surface area contributed by atoms with Gasteiger partial charge in [-0.1, -0.05) is 31.9 Å². The third-order valence-corrected chi connectivity index (χ3v) is 5.75. The van der Waals surface area contributed by atoms with Crippen LogP contribution in [0.15, 0.2) is 50.2 Å². The predicted octanol–water partition coefficient (Wildman–Crippen LogP) is 6.56. The zero-order valence-corrected chi connectivity index (χ0v) is 17.4. The maximum absolute atomic E-state index is 12.6. The first-order valence-corrected chi connectivity index (χ1v) is 10.2. The van der Waals surface area contributed by atoms with Gasteiger partial charge in [0.05, 0.1) is 13.4 Å². The van der Waals surface area contributed by atoms with E-state index < -0.39 is 0 Å². The Kier molecular flexibility index (Phi) is 5.18. The van der Waals surface area contributed by atoms with E-state index in [1.165, 1.54) is 0 Å². The van der Waals surface area contributed by atoms with Gasteiger partial charge in [0, 0.05) is 27.5 Å². The molecule has 0 saturated carbocycles. The van der Waals surface area contributed by atoms with E-state index >= 15 is 0 Å². The smallest absolute Gasteiger partial charge is 0.339 e. The highest BCUT2D eigenvalue weighted by Gasteiger charge is 2.19. The molecule has 0 saturated heterocycles. The molecule has 0 aliphatic carbocycles. The molecule has 0 spiro atoms. The number of furan rings is 1. The number of rotatable bonds is 6. The molecule has 150 valence electrons. The Labute approximate surface area is 170 Å². The number of fused-ring (bicyclic) bond motifs is 2. The fourth-order valence-electron chi connectivity index (χ4n) is 4.05. The Morgan fingerprint density at radius 2 is 1.83 bits per heavy atom. The molecule has 4 nitrogen and oxygen atoms in total. The van der Waals surface area contributed by atoms with Gasteiger partial charge in [-0.2, -0.15) is 0 Å². The third-order valence-electron chi connectivity index (χ3n) is 5.75. The summed E-state index contributed by atoms with van der Waals surface area (Å²) in [5.74, 6) is 0.801. The molecule has 0 fully saturated rings. The van der Waals surface area contributed by atoms with Gasteiger partial charge in [0.2, 0.25) is 0 Å². The zero-order valence-electron chi connectivity index (χ0n) is 17.4. The van der Waals surface area contributed by atoms with Gasteiger partial charge in [0.25, 0.3) is 0 Å². The number of aryl methyl sites for hydroxylation is 2. The molecule has 0 aliphatic rings. The van der Waals surface area contributed by atoms with Gasteiger partial charge in [-0.25, -0.2) is 4.79 Å². The van der Waals surface area contributed by atoms with Crippen LogP contribution in [0.5, 0.6) is 5.75 Å². The summed E-state index contributed by atoms with van der Waals surface area (Å²) in [6.45, 7) is 6.13. The maximum atomic E-state index is 12.6. The van der Waals surface area contributed by atoms with Crippen LogP contribution in [-0.4, -0.2) is 7.11 Å². The van der Waals surface area contributed by atoms with E-state index in [4.69, 9.17) is 13.6 Å². The second kappa shape index (κ2) is 7.78. The van der Waals surface area contributed by atoms with Crippen LogP contribution < -0.4 is 10.4 Å². The summed E-state index contributed by atoms with van der Waals surface area (Å²) in [6, 6.07) is 10.0. The van der Waals surface area contributed by atoms with Gasteiger partial charge in [-0.05, 0) is 56.0 Å². The van der Waals surface area contributed by atoms with Crippen molar-refractivity contribution in [2.45, 2.75) is 46.5 Å². The van der Waals surface area contributed by atoms with Crippen molar-refractivity contribution < 1.29 is 13.6 Å². The predicted molar refractivity (Wildman–Crippen MR) is 117 cm³/mol. The average molecular weight is 390 g/mol. The number of unbranched alkanes of at least 4 members (excludes halogenated alkanes) is 2. The lowest BCUT2D eigenvalue weighted by atomic mass is 9.96. The number of methoxy groups -OCH3 is 1. The molecule has 2 aromatic carbocycles. The van der Waals surface area contributed by atoms with Gasteiger partial charge >= 0.3 is 5.63 Å². The lowest BCUT2D eigenvalue weighted by Crippen LogP contribution is -2.10. The number of ether oxygens (including phenoxy) is 1. The molecule has 4 heteroatoms. The van der Waals surface area contributed by atoms with E-state index in [-0.39, 0.29) is 5.63 Å². The monoisotopic (exact) mass is 390 g/mol. The van der Waals surface area contributed by atoms with Crippen molar-refractivity contribution in [1.82, 2.24) is 0 Å². The Hall–Kier alpha value is -3.01. The minimum absolute atomic E-state index is 0.229. The summed E-state index contributed by atoms with van der Waals surface area (Å²) in [5.41, 5.74) is 5.82. The molecular formula is C25H26O4. The Morgan fingerprint density at radius 3 is 2.59 bits per heavy atom. The van der Waals surface area contributed by atoms with Gasteiger partial charge in [0.1, 0.15) is 16.9 Å². The van der Waals surface area contributed by atoms with E-state index in [9.17, 15) is 4.79 Å². The van der Waals surface area contributed by atoms with Crippen molar-refractivity contribution in [2.75, 3.05) is 7.11 Å². The van der Waals surface area contributed by atoms with Gasteiger partial charge in [0.15, 0.2) is 0 Å². The Morgan fingerprint density at radius 1 is 1.00 bits per heavy atom. The van der Waals surface area contributed by atoms with Gasteiger partial charge in [-0.3, -0.25) is 0 Å². The minimum atomic E-state index is -0.229. The number of hydrogen-bond donors (Lipinski definition) is 0. The highest BCUT2D eigenvalue weighted by atomic mass is 16.5. The number of benzene rings is 2. The lowest BCUT2D eigenvalue weighted by Gasteiger charge is -2.10. The molecular weight excluding hydrogens is 364 g/mol. The topological polar surface area (TPSA) is 52.6 Å². The standard InChI is InChI=1S/C25H26O4/c1-5-6-7-11-19-15(2)20-13-21-22(17-9-8-10-18(12-17)27-4)14-28-23(21)16(3)24(20)29-25(19)26/h8-10,12-14H,5-7,11H2,1-4H3. The molecule has 0 radical (unpaired) electrons. The fourth-order valence-corrected chi connectivity index (χ4v) is 4.05. The highest BCUT2D eigenvalue weighted by Crippen LogP contribution is 2.38. The Bertz CT molecular complexity index is 1240. The van der Waals surface area contributed by atoms with E-state index in [0.717, 1.165) is 75.6 Å². The average Bonchev–Trinajstić information content (AvgIpc) is 3.16. The molecule has 29 heavy (non-hydrogen) atoms. The summed E-state index contributed by atoms with van der Waals surface area (Å²) in [5, 5.41) is 1.99. The summed E-state index contributed by atoms with van der Waals surface area (Å²) in [7, 11) is 1.66. The van der Waals surface area contributed by atoms with Crippen molar-refractivity contribution in [1.29, 1.82) is 0 Å². The maximum Gasteiger partial charge on any atom is 0.339 e. The molecule has 0 bridgehead atoms. The van der Waals surface area contributed by atoms with Crippen molar-refractivity contribution in [3.63, 3.8) is 0 Å². The normalized spacial score (nSPS) is 11.4. The molecule has 0 aliphatic heterocycles. The first kappa shape index (κ1) is 19.3. The summed E-state index contributed by atoms with van der Waals surface area (Å²) in [6.07, 6.45) is 5.74. The molecule has 4 rings (SSSR count). The second-order valence-corrected chi connectivity index (χ2v) is 7.59. The largest absolute Gasteiger partial charge is 0.497 e. The van der Waals surface area contributed by atoms with Crippen molar-refractivity contribution >= 4 is 21.9 Å².